The minimum atomic E-state index is -0.554. The lowest BCUT2D eigenvalue weighted by atomic mass is 10.1. The molecule has 2 heterocycles. The van der Waals surface area contributed by atoms with Crippen LogP contribution in [0.2, 0.25) is 0 Å². The second-order valence-corrected chi connectivity index (χ2v) is 5.78. The minimum absolute atomic E-state index is 0.499. The molecule has 1 unspecified atom stereocenters. The van der Waals surface area contributed by atoms with E-state index in [1.165, 1.54) is 0 Å². The fourth-order valence-corrected chi connectivity index (χ4v) is 3.02. The first-order chi connectivity index (χ1) is 11.8. The smallest absolute Gasteiger partial charge is 0.152 e. The van der Waals surface area contributed by atoms with E-state index in [1.54, 1.807) is 0 Å². The van der Waals surface area contributed by atoms with Crippen molar-refractivity contribution in [2.45, 2.75) is 19.1 Å². The molecule has 0 saturated heterocycles. The Labute approximate surface area is 138 Å². The minimum Gasteiger partial charge on any atom is -0.387 e. The van der Waals surface area contributed by atoms with Gasteiger partial charge in [-0.15, -0.1) is 5.10 Å². The Morgan fingerprint density at radius 3 is 2.62 bits per heavy atom. The number of aliphatic hydroxyl groups is 1. The van der Waals surface area contributed by atoms with Crippen molar-refractivity contribution in [3.05, 3.63) is 77.7 Å². The molecular formula is C18H17N5O. The van der Waals surface area contributed by atoms with Crippen molar-refractivity contribution < 1.29 is 5.11 Å². The van der Waals surface area contributed by atoms with E-state index in [9.17, 15) is 5.11 Å². The number of H-pyrrole nitrogens is 1. The van der Waals surface area contributed by atoms with E-state index < -0.39 is 6.10 Å². The van der Waals surface area contributed by atoms with Crippen LogP contribution in [0, 0.1) is 0 Å². The van der Waals surface area contributed by atoms with Gasteiger partial charge >= 0.3 is 0 Å². The monoisotopic (exact) mass is 319 g/mol. The SMILES string of the molecule is OC(Cn1cc(Cc2nnn[nH]2)c2ccccc21)c1ccccc1. The molecule has 2 aromatic heterocycles. The number of nitrogens with one attached hydrogen (secondary N) is 1. The first-order valence-electron chi connectivity index (χ1n) is 7.83. The number of benzene rings is 2. The standard InChI is InChI=1S/C18H17N5O/c24-17(13-6-2-1-3-7-13)12-23-11-14(10-18-19-21-22-20-18)15-8-4-5-9-16(15)23/h1-9,11,17,24H,10,12H2,(H,19,20,21,22). The van der Waals surface area contributed by atoms with Gasteiger partial charge in [0.15, 0.2) is 5.82 Å². The zero-order valence-electron chi connectivity index (χ0n) is 13.0. The van der Waals surface area contributed by atoms with Gasteiger partial charge in [0, 0.05) is 23.5 Å². The maximum Gasteiger partial charge on any atom is 0.152 e. The molecule has 24 heavy (non-hydrogen) atoms. The number of aromatic nitrogens is 5. The molecule has 0 aliphatic heterocycles. The van der Waals surface area contributed by atoms with E-state index in [4.69, 9.17) is 0 Å². The molecule has 4 rings (SSSR count). The average Bonchev–Trinajstić information content (AvgIpc) is 3.25. The van der Waals surface area contributed by atoms with Crippen LogP contribution in [0.25, 0.3) is 10.9 Å². The molecule has 0 bridgehead atoms. The van der Waals surface area contributed by atoms with Crippen LogP contribution in [-0.4, -0.2) is 30.3 Å². The van der Waals surface area contributed by atoms with Gasteiger partial charge in [-0.25, -0.2) is 5.10 Å². The topological polar surface area (TPSA) is 79.6 Å². The number of rotatable bonds is 5. The van der Waals surface area contributed by atoms with Gasteiger partial charge in [-0.1, -0.05) is 48.5 Å². The van der Waals surface area contributed by atoms with Crippen LogP contribution in [0.3, 0.4) is 0 Å². The van der Waals surface area contributed by atoms with Crippen LogP contribution >= 0.6 is 0 Å². The molecule has 0 radical (unpaired) electrons. The number of nitrogens with zero attached hydrogens (tertiary/aromatic N) is 4. The molecule has 1 atom stereocenters. The van der Waals surface area contributed by atoms with Gasteiger partial charge in [-0.05, 0) is 27.6 Å². The molecular weight excluding hydrogens is 302 g/mol. The van der Waals surface area contributed by atoms with Crippen molar-refractivity contribution in [3.8, 4) is 0 Å². The predicted octanol–water partition coefficient (Wildman–Crippen LogP) is 2.48. The van der Waals surface area contributed by atoms with Crippen LogP contribution in [0.4, 0.5) is 0 Å². The summed E-state index contributed by atoms with van der Waals surface area (Å²) < 4.78 is 2.09. The molecule has 6 nitrogen and oxygen atoms in total. The molecule has 0 aliphatic carbocycles. The van der Waals surface area contributed by atoms with Crippen LogP contribution in [0.5, 0.6) is 0 Å². The van der Waals surface area contributed by atoms with E-state index in [-0.39, 0.29) is 0 Å². The third-order valence-electron chi connectivity index (χ3n) is 4.17. The summed E-state index contributed by atoms with van der Waals surface area (Å²) in [4.78, 5) is 0. The molecule has 0 saturated carbocycles. The average molecular weight is 319 g/mol. The Bertz CT molecular complexity index is 931. The van der Waals surface area contributed by atoms with Gasteiger partial charge in [0.2, 0.25) is 0 Å². The highest BCUT2D eigenvalue weighted by molar-refractivity contribution is 5.84. The van der Waals surface area contributed by atoms with E-state index in [2.05, 4.69) is 43.5 Å². The van der Waals surface area contributed by atoms with Crippen LogP contribution in [-0.2, 0) is 13.0 Å². The lowest BCUT2D eigenvalue weighted by molar-refractivity contribution is 0.158. The first-order valence-corrected chi connectivity index (χ1v) is 7.83. The number of fused-ring (bicyclic) bond motifs is 1. The quantitative estimate of drug-likeness (QED) is 0.592. The van der Waals surface area contributed by atoms with Crippen molar-refractivity contribution in [2.75, 3.05) is 0 Å². The summed E-state index contributed by atoms with van der Waals surface area (Å²) in [6, 6.07) is 17.9. The van der Waals surface area contributed by atoms with Crippen LogP contribution in [0.15, 0.2) is 60.8 Å². The Hall–Kier alpha value is -2.99. The van der Waals surface area contributed by atoms with Gasteiger partial charge in [0.25, 0.3) is 0 Å². The fraction of sp³-hybridized carbons (Fsp3) is 0.167. The molecule has 0 spiro atoms. The van der Waals surface area contributed by atoms with Crippen molar-refractivity contribution in [2.24, 2.45) is 0 Å². The van der Waals surface area contributed by atoms with E-state index in [0.717, 1.165) is 27.9 Å². The third kappa shape index (κ3) is 2.79. The number of tetrazole rings is 1. The van der Waals surface area contributed by atoms with Gasteiger partial charge in [-0.2, -0.15) is 0 Å². The lowest BCUT2D eigenvalue weighted by Gasteiger charge is -2.13. The molecule has 2 N–H and O–H groups in total. The van der Waals surface area contributed by atoms with E-state index in [1.807, 2.05) is 42.5 Å². The second kappa shape index (κ2) is 6.25. The van der Waals surface area contributed by atoms with Gasteiger partial charge in [0.05, 0.1) is 12.6 Å². The summed E-state index contributed by atoms with van der Waals surface area (Å²) >= 11 is 0. The summed E-state index contributed by atoms with van der Waals surface area (Å²) in [7, 11) is 0. The zero-order chi connectivity index (χ0) is 16.4. The number of hydrogen-bond donors (Lipinski definition) is 2. The van der Waals surface area contributed by atoms with E-state index >= 15 is 0 Å². The zero-order valence-corrected chi connectivity index (χ0v) is 13.0. The van der Waals surface area contributed by atoms with Crippen LogP contribution in [0.1, 0.15) is 23.1 Å². The molecule has 4 aromatic rings. The molecule has 2 aromatic carbocycles. The predicted molar refractivity (Wildman–Crippen MR) is 90.3 cm³/mol. The van der Waals surface area contributed by atoms with Gasteiger partial charge in [0.1, 0.15) is 0 Å². The Morgan fingerprint density at radius 2 is 1.83 bits per heavy atom. The van der Waals surface area contributed by atoms with Crippen molar-refractivity contribution >= 4 is 10.9 Å². The number of aromatic amines is 1. The highest BCUT2D eigenvalue weighted by Crippen LogP contribution is 2.25. The molecule has 120 valence electrons. The van der Waals surface area contributed by atoms with Crippen molar-refractivity contribution in [3.63, 3.8) is 0 Å². The van der Waals surface area contributed by atoms with E-state index in [0.29, 0.717) is 13.0 Å². The number of aliphatic hydroxyl groups excluding tert-OH is 1. The third-order valence-corrected chi connectivity index (χ3v) is 4.17. The Morgan fingerprint density at radius 1 is 1.04 bits per heavy atom. The summed E-state index contributed by atoms with van der Waals surface area (Å²) in [6.07, 6.45) is 2.14. The van der Waals surface area contributed by atoms with Gasteiger partial charge in [-0.3, -0.25) is 0 Å². The largest absolute Gasteiger partial charge is 0.387 e. The fourth-order valence-electron chi connectivity index (χ4n) is 3.02. The maximum absolute atomic E-state index is 10.5. The second-order valence-electron chi connectivity index (χ2n) is 5.78. The summed E-state index contributed by atoms with van der Waals surface area (Å²) in [5.74, 6) is 0.724. The number of hydrogen-bond acceptors (Lipinski definition) is 4. The van der Waals surface area contributed by atoms with Gasteiger partial charge < -0.3 is 9.67 Å². The maximum atomic E-state index is 10.5. The summed E-state index contributed by atoms with van der Waals surface area (Å²) in [5, 5.41) is 25.7. The highest BCUT2D eigenvalue weighted by atomic mass is 16.3. The summed E-state index contributed by atoms with van der Waals surface area (Å²) in [6.45, 7) is 0.499. The molecule has 0 amide bonds. The van der Waals surface area contributed by atoms with Crippen molar-refractivity contribution in [1.82, 2.24) is 25.2 Å². The first kappa shape index (κ1) is 14.6. The summed E-state index contributed by atoms with van der Waals surface area (Å²) in [5.41, 5.74) is 3.13. The molecule has 0 fully saturated rings. The van der Waals surface area contributed by atoms with Crippen molar-refractivity contribution in [1.29, 1.82) is 0 Å². The van der Waals surface area contributed by atoms with Crippen LogP contribution < -0.4 is 0 Å². The Balaban J connectivity index is 1.68. The lowest BCUT2D eigenvalue weighted by Crippen LogP contribution is -2.07. The molecule has 6 heteroatoms. The molecule has 0 aliphatic rings. The normalized spacial score (nSPS) is 12.5. The highest BCUT2D eigenvalue weighted by Gasteiger charge is 2.14. The number of para-hydroxylation sites is 1. The Kier molecular flexibility index (Phi) is 3.80.